The van der Waals surface area contributed by atoms with Gasteiger partial charge in [0.15, 0.2) is 5.58 Å². The molecule has 1 aromatic heterocycles. The van der Waals surface area contributed by atoms with Gasteiger partial charge in [-0.3, -0.25) is 4.57 Å². The Morgan fingerprint density at radius 3 is 2.36 bits per heavy atom. The highest BCUT2D eigenvalue weighted by atomic mass is 32.2. The molecule has 0 spiro atoms. The van der Waals surface area contributed by atoms with Gasteiger partial charge in [0.1, 0.15) is 13.1 Å². The number of oxazole rings is 1. The SMILES string of the molecule is Cc1cc(C[C@@H](OC(=O)N2CCC(N3CCc4ccccc4NC3=O)CC2)C(=O)[N+]2(S(C)(=O)=O)CCC(C3CCNCC3)CC2)cc2oc(=O)n(C)c12. The molecule has 4 amide bonds. The number of nitrogens with one attached hydrogen (secondary N) is 2. The van der Waals surface area contributed by atoms with Crippen LogP contribution in [0.1, 0.15) is 55.2 Å². The number of fused-ring (bicyclic) bond motifs is 2. The van der Waals surface area contributed by atoms with Crippen LogP contribution in [0.15, 0.2) is 45.6 Å². The quantitative estimate of drug-likeness (QED) is 0.343. The number of likely N-dealkylation sites (tertiary alicyclic amines) is 2. The molecule has 0 aliphatic carbocycles. The average Bonchev–Trinajstić information content (AvgIpc) is 3.32. The monoisotopic (exact) mass is 751 g/mol. The van der Waals surface area contributed by atoms with Gasteiger partial charge < -0.3 is 29.6 Å². The first-order chi connectivity index (χ1) is 25.3. The summed E-state index contributed by atoms with van der Waals surface area (Å²) in [6, 6.07) is 11.0. The lowest BCUT2D eigenvalue weighted by Gasteiger charge is -2.43. The number of anilines is 1. The number of carbonyl (C=O) groups is 3. The Labute approximate surface area is 310 Å². The van der Waals surface area contributed by atoms with E-state index in [1.807, 2.05) is 42.2 Å². The molecule has 3 aromatic rings. The smallest absolute Gasteiger partial charge is 0.419 e. The maximum absolute atomic E-state index is 14.8. The Kier molecular flexibility index (Phi) is 10.4. The maximum atomic E-state index is 14.8. The first-order valence-electron chi connectivity index (χ1n) is 18.9. The van der Waals surface area contributed by atoms with Crippen molar-refractivity contribution in [1.82, 2.24) is 19.7 Å². The highest BCUT2D eigenvalue weighted by molar-refractivity contribution is 7.85. The summed E-state index contributed by atoms with van der Waals surface area (Å²) in [7, 11) is -2.35. The number of amides is 4. The van der Waals surface area contributed by atoms with Gasteiger partial charge in [-0.1, -0.05) is 24.3 Å². The van der Waals surface area contributed by atoms with Crippen LogP contribution in [-0.2, 0) is 39.4 Å². The third-order valence-corrected chi connectivity index (χ3v) is 14.0. The Morgan fingerprint density at radius 2 is 1.66 bits per heavy atom. The Balaban J connectivity index is 1.10. The molecule has 3 saturated heterocycles. The van der Waals surface area contributed by atoms with E-state index in [2.05, 4.69) is 10.6 Å². The molecule has 0 radical (unpaired) electrons. The van der Waals surface area contributed by atoms with Gasteiger partial charge in [-0.15, -0.1) is 0 Å². The molecule has 0 saturated carbocycles. The normalized spacial score (nSPS) is 24.0. The van der Waals surface area contributed by atoms with E-state index in [0.29, 0.717) is 73.8 Å². The molecule has 4 aliphatic rings. The van der Waals surface area contributed by atoms with E-state index in [-0.39, 0.29) is 31.6 Å². The molecule has 53 heavy (non-hydrogen) atoms. The first-order valence-corrected chi connectivity index (χ1v) is 20.7. The zero-order valence-corrected chi connectivity index (χ0v) is 31.7. The van der Waals surface area contributed by atoms with E-state index in [0.717, 1.165) is 55.4 Å². The van der Waals surface area contributed by atoms with Crippen LogP contribution in [0.4, 0.5) is 15.3 Å². The van der Waals surface area contributed by atoms with E-state index in [9.17, 15) is 27.6 Å². The van der Waals surface area contributed by atoms with Crippen LogP contribution in [0.5, 0.6) is 0 Å². The van der Waals surface area contributed by atoms with Crippen LogP contribution in [0.3, 0.4) is 0 Å². The van der Waals surface area contributed by atoms with E-state index in [4.69, 9.17) is 9.15 Å². The fourth-order valence-corrected chi connectivity index (χ4v) is 10.5. The fraction of sp³-hybridized carbons (Fsp3) is 0.579. The van der Waals surface area contributed by atoms with Crippen molar-refractivity contribution in [3.05, 3.63) is 63.6 Å². The van der Waals surface area contributed by atoms with E-state index in [1.165, 1.54) is 4.57 Å². The molecule has 14 nitrogen and oxygen atoms in total. The Morgan fingerprint density at radius 1 is 0.981 bits per heavy atom. The Hall–Kier alpha value is -4.21. The summed E-state index contributed by atoms with van der Waals surface area (Å²) in [5, 5.41) is 6.41. The van der Waals surface area contributed by atoms with Crippen molar-refractivity contribution < 1.29 is 35.8 Å². The third kappa shape index (κ3) is 7.35. The predicted octanol–water partition coefficient (Wildman–Crippen LogP) is 3.75. The zero-order valence-electron chi connectivity index (χ0n) is 30.8. The average molecular weight is 752 g/mol. The minimum Gasteiger partial charge on any atom is -0.431 e. The second kappa shape index (κ2) is 14.9. The van der Waals surface area contributed by atoms with Crippen LogP contribution in [-0.4, -0.2) is 109 Å². The number of urea groups is 1. The predicted molar refractivity (Wildman–Crippen MR) is 199 cm³/mol. The molecular formula is C38H51N6O8S+. The van der Waals surface area contributed by atoms with Crippen LogP contribution >= 0.6 is 0 Å². The molecule has 7 rings (SSSR count). The van der Waals surface area contributed by atoms with E-state index >= 15 is 0 Å². The largest absolute Gasteiger partial charge is 0.431 e. The van der Waals surface area contributed by atoms with Crippen molar-refractivity contribution in [3.63, 3.8) is 0 Å². The summed E-state index contributed by atoms with van der Waals surface area (Å²) in [5.74, 6) is -0.377. The summed E-state index contributed by atoms with van der Waals surface area (Å²) < 4.78 is 39.5. The number of aromatic nitrogens is 1. The molecule has 4 aliphatic heterocycles. The van der Waals surface area contributed by atoms with Crippen molar-refractivity contribution in [2.75, 3.05) is 57.4 Å². The lowest BCUT2D eigenvalue weighted by atomic mass is 9.79. The van der Waals surface area contributed by atoms with Crippen LogP contribution in [0, 0.1) is 18.8 Å². The molecule has 286 valence electrons. The van der Waals surface area contributed by atoms with Crippen molar-refractivity contribution in [1.29, 1.82) is 0 Å². The fourth-order valence-electron chi connectivity index (χ4n) is 9.16. The standard InChI is InChI=1S/C38H50N6O8S/c1-25-22-26(23-32-34(25)41(2)37(47)51-32)24-33(35(45)44(53(3,49)50)20-13-28(14-21-44)27-8-15-39-16-9-27)52-38(48)42-17-11-30(12-18-42)43-19-10-29-6-4-5-7-31(29)40-36(43)46/h4-7,22-23,27-28,30,33,39H,8-21,24H2,1-3H3/p+1/t28?,33-,44?/m1/s1. The second-order valence-electron chi connectivity index (χ2n) is 15.3. The topological polar surface area (TPSA) is 160 Å². The van der Waals surface area contributed by atoms with Crippen LogP contribution in [0.25, 0.3) is 11.1 Å². The number of para-hydroxylation sites is 1. The molecule has 15 heteroatoms. The summed E-state index contributed by atoms with van der Waals surface area (Å²) in [6.45, 7) is 5.13. The van der Waals surface area contributed by atoms with Gasteiger partial charge in [-0.25, -0.2) is 19.2 Å². The number of ether oxygens (including phenoxy) is 1. The highest BCUT2D eigenvalue weighted by Gasteiger charge is 2.53. The van der Waals surface area contributed by atoms with Crippen molar-refractivity contribution in [3.8, 4) is 0 Å². The van der Waals surface area contributed by atoms with Crippen LogP contribution < -0.4 is 16.4 Å². The Bertz CT molecular complexity index is 2040. The van der Waals surface area contributed by atoms with Gasteiger partial charge in [-0.2, -0.15) is 12.3 Å². The van der Waals surface area contributed by atoms with Gasteiger partial charge in [0.05, 0.1) is 11.8 Å². The van der Waals surface area contributed by atoms with E-state index < -0.39 is 37.8 Å². The zero-order chi connectivity index (χ0) is 37.5. The number of hydrogen-bond donors (Lipinski definition) is 2. The third-order valence-electron chi connectivity index (χ3n) is 12.2. The number of aryl methyl sites for hydroxylation is 2. The number of hydrogen-bond acceptors (Lipinski definition) is 9. The lowest BCUT2D eigenvalue weighted by molar-refractivity contribution is -0.738. The number of nitrogens with zero attached hydrogens (tertiary/aromatic N) is 4. The van der Waals surface area contributed by atoms with E-state index in [1.54, 1.807) is 18.0 Å². The number of rotatable bonds is 7. The van der Waals surface area contributed by atoms with Gasteiger partial charge in [0.2, 0.25) is 6.10 Å². The van der Waals surface area contributed by atoms with Crippen molar-refractivity contribution in [2.45, 2.75) is 70.4 Å². The summed E-state index contributed by atoms with van der Waals surface area (Å²) in [6.07, 6.45) is 3.93. The molecule has 2 aromatic carbocycles. The summed E-state index contributed by atoms with van der Waals surface area (Å²) >= 11 is 0. The summed E-state index contributed by atoms with van der Waals surface area (Å²) in [4.78, 5) is 57.6. The summed E-state index contributed by atoms with van der Waals surface area (Å²) in [5.41, 5.74) is 4.16. The molecule has 1 atom stereocenters. The highest BCUT2D eigenvalue weighted by Crippen LogP contribution is 2.37. The van der Waals surface area contributed by atoms with Gasteiger partial charge >= 0.3 is 33.8 Å². The molecular weight excluding hydrogens is 701 g/mol. The number of benzene rings is 2. The lowest BCUT2D eigenvalue weighted by Crippen LogP contribution is -2.64. The second-order valence-corrected chi connectivity index (χ2v) is 17.5. The van der Waals surface area contributed by atoms with Gasteiger partial charge in [0, 0.05) is 57.7 Å². The number of carbonyl (C=O) groups excluding carboxylic acids is 3. The molecule has 3 fully saturated rings. The van der Waals surface area contributed by atoms with Crippen molar-refractivity contribution in [2.24, 2.45) is 18.9 Å². The molecule has 5 heterocycles. The minimum atomic E-state index is -3.97. The molecule has 2 N–H and O–H groups in total. The van der Waals surface area contributed by atoms with Gasteiger partial charge in [0.25, 0.3) is 0 Å². The maximum Gasteiger partial charge on any atom is 0.419 e. The number of piperidine rings is 3. The van der Waals surface area contributed by atoms with Crippen molar-refractivity contribution >= 4 is 44.8 Å². The number of quaternary nitrogens is 1. The number of sulfonamides is 1. The van der Waals surface area contributed by atoms with Gasteiger partial charge in [-0.05, 0) is 92.8 Å². The van der Waals surface area contributed by atoms with Crippen LogP contribution in [0.2, 0.25) is 0 Å². The first kappa shape index (κ1) is 37.1. The molecule has 0 bridgehead atoms. The minimum absolute atomic E-state index is 0.0821. The molecule has 0 unspecified atom stereocenters.